The van der Waals surface area contributed by atoms with E-state index in [1.54, 1.807) is 6.92 Å². The molecule has 2 aliphatic heterocycles. The minimum absolute atomic E-state index is 0. The number of hydroxylamine groups is 2. The Morgan fingerprint density at radius 1 is 1.59 bits per heavy atom. The number of carbonyl (C=O) groups is 2. The molecule has 1 saturated heterocycles. The summed E-state index contributed by atoms with van der Waals surface area (Å²) in [6.45, 7) is 2.19. The Kier molecular flexibility index (Phi) is 6.38. The summed E-state index contributed by atoms with van der Waals surface area (Å²) >= 11 is 0. The molecule has 0 radical (unpaired) electrons. The van der Waals surface area contributed by atoms with Gasteiger partial charge in [0.25, 0.3) is 0 Å². The van der Waals surface area contributed by atoms with E-state index in [1.807, 2.05) is 0 Å². The molecule has 0 aliphatic carbocycles. The topological polar surface area (TPSA) is 145 Å². The van der Waals surface area contributed by atoms with Crippen LogP contribution in [0.25, 0.3) is 0 Å². The Labute approximate surface area is 149 Å². The number of urea groups is 1. The number of hydrogen-bond donors (Lipinski definition) is 2. The van der Waals surface area contributed by atoms with Crippen LogP contribution >= 0.6 is 0 Å². The van der Waals surface area contributed by atoms with E-state index in [4.69, 9.17) is 5.73 Å². The Morgan fingerprint density at radius 2 is 2.23 bits per heavy atom. The molecule has 3 amide bonds. The predicted molar refractivity (Wildman–Crippen MR) is 68.1 cm³/mol. The molecule has 1 fully saturated rings. The smallest absolute Gasteiger partial charge is 0.724 e. The first-order chi connectivity index (χ1) is 9.74. The molecule has 3 N–H and O–H groups in total. The fourth-order valence-electron chi connectivity index (χ4n) is 2.31. The van der Waals surface area contributed by atoms with Gasteiger partial charge in [-0.1, -0.05) is 6.08 Å². The van der Waals surface area contributed by atoms with E-state index < -0.39 is 34.4 Å². The van der Waals surface area contributed by atoms with Crippen LogP contribution in [-0.4, -0.2) is 66.6 Å². The number of carbonyl (C=O) groups excluding carboxylic acids is 2. The van der Waals surface area contributed by atoms with Gasteiger partial charge in [-0.15, -0.1) is 0 Å². The van der Waals surface area contributed by atoms with Gasteiger partial charge in [0.05, 0.1) is 6.54 Å². The van der Waals surface area contributed by atoms with E-state index in [0.29, 0.717) is 10.6 Å². The summed E-state index contributed by atoms with van der Waals surface area (Å²) in [6, 6.07) is -2.44. The summed E-state index contributed by atoms with van der Waals surface area (Å²) in [6.07, 6.45) is 1.53. The normalized spacial score (nSPS) is 24.0. The van der Waals surface area contributed by atoms with E-state index in [0.717, 1.165) is 4.90 Å². The minimum atomic E-state index is -5.07. The molecule has 118 valence electrons. The maximum Gasteiger partial charge on any atom is 1.00 e. The van der Waals surface area contributed by atoms with Gasteiger partial charge in [0.15, 0.2) is 0 Å². The van der Waals surface area contributed by atoms with Gasteiger partial charge in [0, 0.05) is 13.1 Å². The van der Waals surface area contributed by atoms with Crippen molar-refractivity contribution in [2.24, 2.45) is 5.73 Å². The van der Waals surface area contributed by atoms with Crippen LogP contribution in [0.15, 0.2) is 11.6 Å². The van der Waals surface area contributed by atoms with Gasteiger partial charge in [-0.3, -0.25) is 4.79 Å². The monoisotopic (exact) mass is 342 g/mol. The van der Waals surface area contributed by atoms with Gasteiger partial charge >= 0.3 is 35.6 Å². The molecule has 0 unspecified atom stereocenters. The van der Waals surface area contributed by atoms with Crippen LogP contribution in [-0.2, 0) is 19.5 Å². The average Bonchev–Trinajstić information content (AvgIpc) is 2.65. The molecule has 10 nitrogen and oxygen atoms in total. The fourth-order valence-corrected chi connectivity index (χ4v) is 2.67. The first-order valence-electron chi connectivity index (χ1n) is 6.16. The molecule has 2 atom stereocenters. The molecule has 2 rings (SSSR count). The maximum absolute atomic E-state index is 12.1. The quantitative estimate of drug-likeness (QED) is 0.220. The van der Waals surface area contributed by atoms with Crippen molar-refractivity contribution in [2.45, 2.75) is 19.0 Å². The van der Waals surface area contributed by atoms with Crippen LogP contribution in [0.3, 0.4) is 0 Å². The number of nitrogens with one attached hydrogen (secondary N) is 1. The molecule has 2 heterocycles. The van der Waals surface area contributed by atoms with Crippen molar-refractivity contribution in [3.63, 3.8) is 0 Å². The third-order valence-corrected chi connectivity index (χ3v) is 3.60. The predicted octanol–water partition coefficient (Wildman–Crippen LogP) is -5.11. The zero-order valence-corrected chi connectivity index (χ0v) is 15.0. The summed E-state index contributed by atoms with van der Waals surface area (Å²) in [5.41, 5.74) is 5.85. The standard InChI is InChI=1S/C10H16N4O6S.Na/c1-6-4-7(9(15)12-3-2-11)13-5-8(6)14(10(13)16)20-21(17,18)19;/h4,7-8H,2-3,5,11H2,1H3,(H,12,15)(H,17,18,19);/q;+1/p-1/t7-,8+;/m0./s1. The number of nitrogens with two attached hydrogens (primary N) is 1. The van der Waals surface area contributed by atoms with Crippen LogP contribution < -0.4 is 40.6 Å². The van der Waals surface area contributed by atoms with Gasteiger partial charge < -0.3 is 20.5 Å². The Morgan fingerprint density at radius 3 is 2.77 bits per heavy atom. The number of amides is 3. The molecule has 0 aromatic rings. The molecular weight excluding hydrogens is 327 g/mol. The van der Waals surface area contributed by atoms with Crippen LogP contribution in [0, 0.1) is 0 Å². The SMILES string of the molecule is CC1=C[C@@H](C(=O)NCCN)N2C[C@H]1N(OS(=O)(=O)[O-])C2=O.[Na+]. The third-order valence-electron chi connectivity index (χ3n) is 3.25. The van der Waals surface area contributed by atoms with E-state index >= 15 is 0 Å². The van der Waals surface area contributed by atoms with E-state index in [2.05, 4.69) is 9.60 Å². The molecule has 0 saturated carbocycles. The summed E-state index contributed by atoms with van der Waals surface area (Å²) < 4.78 is 36.2. The average molecular weight is 342 g/mol. The maximum atomic E-state index is 12.1. The Bertz CT molecular complexity index is 594. The second-order valence-electron chi connectivity index (χ2n) is 4.69. The van der Waals surface area contributed by atoms with Gasteiger partial charge in [-0.25, -0.2) is 13.2 Å². The van der Waals surface area contributed by atoms with Gasteiger partial charge in [-0.05, 0) is 12.5 Å². The van der Waals surface area contributed by atoms with Crippen molar-refractivity contribution in [3.8, 4) is 0 Å². The number of nitrogens with zero attached hydrogens (tertiary/aromatic N) is 2. The molecule has 0 spiro atoms. The largest absolute Gasteiger partial charge is 1.00 e. The summed E-state index contributed by atoms with van der Waals surface area (Å²) in [7, 11) is -5.07. The minimum Gasteiger partial charge on any atom is -0.724 e. The summed E-state index contributed by atoms with van der Waals surface area (Å²) in [5.74, 6) is -0.432. The van der Waals surface area contributed by atoms with Crippen LogP contribution in [0.1, 0.15) is 6.92 Å². The number of hydrogen-bond acceptors (Lipinski definition) is 7. The van der Waals surface area contributed by atoms with Crippen LogP contribution in [0.4, 0.5) is 4.79 Å². The fraction of sp³-hybridized carbons (Fsp3) is 0.600. The molecule has 2 bridgehead atoms. The van der Waals surface area contributed by atoms with E-state index in [-0.39, 0.29) is 49.2 Å². The van der Waals surface area contributed by atoms with Gasteiger partial charge in [-0.2, -0.15) is 9.35 Å². The number of rotatable bonds is 5. The molecule has 2 aliphatic rings. The van der Waals surface area contributed by atoms with Crippen molar-refractivity contribution >= 4 is 22.3 Å². The Balaban J connectivity index is 0.00000242. The third kappa shape index (κ3) is 3.98. The van der Waals surface area contributed by atoms with Crippen molar-refractivity contribution in [3.05, 3.63) is 11.6 Å². The van der Waals surface area contributed by atoms with E-state index in [9.17, 15) is 22.6 Å². The van der Waals surface area contributed by atoms with Crippen LogP contribution in [0.5, 0.6) is 0 Å². The second-order valence-corrected chi connectivity index (χ2v) is 5.66. The second kappa shape index (κ2) is 7.25. The van der Waals surface area contributed by atoms with Crippen molar-refractivity contribution in [2.75, 3.05) is 19.6 Å². The zero-order valence-electron chi connectivity index (χ0n) is 12.2. The zero-order chi connectivity index (χ0) is 15.8. The van der Waals surface area contributed by atoms with E-state index in [1.165, 1.54) is 6.08 Å². The first-order valence-corrected chi connectivity index (χ1v) is 7.49. The van der Waals surface area contributed by atoms with Crippen molar-refractivity contribution in [1.29, 1.82) is 0 Å². The van der Waals surface area contributed by atoms with Crippen LogP contribution in [0.2, 0.25) is 0 Å². The Hall–Kier alpha value is -0.690. The molecule has 12 heteroatoms. The summed E-state index contributed by atoms with van der Waals surface area (Å²) in [5, 5.41) is 3.04. The molecule has 0 aromatic carbocycles. The van der Waals surface area contributed by atoms with Gasteiger partial charge in [0.2, 0.25) is 16.3 Å². The van der Waals surface area contributed by atoms with Crippen molar-refractivity contribution in [1.82, 2.24) is 15.3 Å². The summed E-state index contributed by atoms with van der Waals surface area (Å²) in [4.78, 5) is 25.2. The molecule has 22 heavy (non-hydrogen) atoms. The first kappa shape index (κ1) is 19.4. The van der Waals surface area contributed by atoms with Gasteiger partial charge in [0.1, 0.15) is 12.1 Å². The number of fused-ring (bicyclic) bond motifs is 2. The molecular formula is C10H15N4NaO6S. The molecule has 0 aromatic heterocycles. The van der Waals surface area contributed by atoms with Crippen molar-refractivity contribution < 1.29 is 56.4 Å².